The van der Waals surface area contributed by atoms with E-state index in [1.54, 1.807) is 14.2 Å². The first-order valence-electron chi connectivity index (χ1n) is 6.96. The molecule has 0 bridgehead atoms. The highest BCUT2D eigenvalue weighted by Gasteiger charge is 2.41. The Labute approximate surface area is 126 Å². The summed E-state index contributed by atoms with van der Waals surface area (Å²) >= 11 is 0. The van der Waals surface area contributed by atoms with Crippen LogP contribution in [-0.4, -0.2) is 22.8 Å². The highest BCUT2D eigenvalue weighted by atomic mass is 28.4. The molecule has 0 fully saturated rings. The smallest absolute Gasteiger partial charge is 0.391 e. The van der Waals surface area contributed by atoms with Crippen molar-refractivity contribution >= 4 is 29.7 Å². The summed E-state index contributed by atoms with van der Waals surface area (Å²) in [6.07, 6.45) is 0. The van der Waals surface area contributed by atoms with Gasteiger partial charge in [0.05, 0.1) is 0 Å². The van der Waals surface area contributed by atoms with Crippen molar-refractivity contribution in [1.29, 1.82) is 0 Å². The van der Waals surface area contributed by atoms with E-state index in [4.69, 9.17) is 8.85 Å². The molecule has 0 saturated heterocycles. The molecule has 0 amide bonds. The van der Waals surface area contributed by atoms with Gasteiger partial charge in [0.25, 0.3) is 0 Å². The Morgan fingerprint density at radius 1 is 0.667 bits per heavy atom. The summed E-state index contributed by atoms with van der Waals surface area (Å²) in [7, 11) is 0.821. The van der Waals surface area contributed by atoms with Gasteiger partial charge in [0.2, 0.25) is 0 Å². The molecule has 0 saturated carbocycles. The number of benzene rings is 3. The molecule has 2 nitrogen and oxygen atoms in total. The molecular formula is C18H18O2Si. The van der Waals surface area contributed by atoms with Gasteiger partial charge in [0.1, 0.15) is 0 Å². The number of rotatable bonds is 4. The van der Waals surface area contributed by atoms with Gasteiger partial charge < -0.3 is 8.85 Å². The molecule has 0 N–H and O–H groups in total. The van der Waals surface area contributed by atoms with E-state index in [9.17, 15) is 0 Å². The van der Waals surface area contributed by atoms with Crippen molar-refractivity contribution in [3.8, 4) is 0 Å². The van der Waals surface area contributed by atoms with Gasteiger partial charge in [-0.25, -0.2) is 0 Å². The van der Waals surface area contributed by atoms with Gasteiger partial charge >= 0.3 is 8.56 Å². The fourth-order valence-corrected chi connectivity index (χ4v) is 5.78. The summed E-state index contributed by atoms with van der Waals surface area (Å²) < 4.78 is 12.0. The molecule has 3 heteroatoms. The molecule has 0 spiro atoms. The topological polar surface area (TPSA) is 18.5 Å². The zero-order valence-electron chi connectivity index (χ0n) is 12.2. The molecule has 0 radical (unpaired) electrons. The standard InChI is InChI=1S/C18H18O2Si/c1-19-21(20-2,16-11-4-3-5-12-16)18-14-8-10-15-9-6-7-13-17(15)18/h3-14H,1-2H3. The van der Waals surface area contributed by atoms with Crippen molar-refractivity contribution in [2.24, 2.45) is 0 Å². The zero-order valence-corrected chi connectivity index (χ0v) is 13.2. The van der Waals surface area contributed by atoms with Crippen molar-refractivity contribution < 1.29 is 8.85 Å². The lowest BCUT2D eigenvalue weighted by molar-refractivity contribution is 0.273. The molecule has 0 atom stereocenters. The minimum atomic E-state index is -2.66. The van der Waals surface area contributed by atoms with Crippen LogP contribution in [-0.2, 0) is 8.85 Å². The molecule has 0 aromatic heterocycles. The van der Waals surface area contributed by atoms with Crippen LogP contribution in [0.3, 0.4) is 0 Å². The monoisotopic (exact) mass is 294 g/mol. The van der Waals surface area contributed by atoms with Crippen LogP contribution in [0.25, 0.3) is 10.8 Å². The first kappa shape index (κ1) is 14.0. The third kappa shape index (κ3) is 2.29. The van der Waals surface area contributed by atoms with E-state index >= 15 is 0 Å². The van der Waals surface area contributed by atoms with Gasteiger partial charge in [-0.05, 0) is 16.0 Å². The van der Waals surface area contributed by atoms with Crippen LogP contribution in [0.1, 0.15) is 0 Å². The number of fused-ring (bicyclic) bond motifs is 1. The Kier molecular flexibility index (Phi) is 3.88. The lowest BCUT2D eigenvalue weighted by Gasteiger charge is -2.29. The first-order valence-corrected chi connectivity index (χ1v) is 8.77. The first-order chi connectivity index (χ1) is 10.3. The molecule has 0 aliphatic heterocycles. The Balaban J connectivity index is 2.30. The van der Waals surface area contributed by atoms with E-state index in [1.807, 2.05) is 18.2 Å². The summed E-state index contributed by atoms with van der Waals surface area (Å²) in [5.41, 5.74) is 0. The minimum absolute atomic E-state index is 1.12. The van der Waals surface area contributed by atoms with Crippen LogP contribution in [0.2, 0.25) is 0 Å². The number of hydrogen-bond acceptors (Lipinski definition) is 2. The van der Waals surface area contributed by atoms with Crippen molar-refractivity contribution in [1.82, 2.24) is 0 Å². The van der Waals surface area contributed by atoms with E-state index in [0.717, 1.165) is 10.4 Å². The molecule has 3 rings (SSSR count). The lowest BCUT2D eigenvalue weighted by atomic mass is 10.1. The second-order valence-electron chi connectivity index (χ2n) is 4.92. The van der Waals surface area contributed by atoms with Crippen LogP contribution in [0, 0.1) is 0 Å². The zero-order chi connectivity index (χ0) is 14.7. The predicted octanol–water partition coefficient (Wildman–Crippen LogP) is 2.69. The molecule has 21 heavy (non-hydrogen) atoms. The highest BCUT2D eigenvalue weighted by Crippen LogP contribution is 2.17. The van der Waals surface area contributed by atoms with Crippen LogP contribution in [0.4, 0.5) is 0 Å². The van der Waals surface area contributed by atoms with Crippen LogP contribution in [0.5, 0.6) is 0 Å². The van der Waals surface area contributed by atoms with Crippen molar-refractivity contribution in [2.45, 2.75) is 0 Å². The second kappa shape index (κ2) is 5.82. The maximum Gasteiger partial charge on any atom is 0.407 e. The van der Waals surface area contributed by atoms with Gasteiger partial charge in [-0.3, -0.25) is 0 Å². The Morgan fingerprint density at radius 2 is 1.29 bits per heavy atom. The minimum Gasteiger partial charge on any atom is -0.391 e. The van der Waals surface area contributed by atoms with Crippen molar-refractivity contribution in [3.63, 3.8) is 0 Å². The SMILES string of the molecule is CO[Si](OC)(c1ccccc1)c1cccc2ccccc12. The van der Waals surface area contributed by atoms with Gasteiger partial charge in [-0.2, -0.15) is 0 Å². The van der Waals surface area contributed by atoms with Crippen LogP contribution in [0.15, 0.2) is 72.8 Å². The van der Waals surface area contributed by atoms with Crippen LogP contribution < -0.4 is 10.4 Å². The fourth-order valence-electron chi connectivity index (χ4n) is 2.86. The van der Waals surface area contributed by atoms with Gasteiger partial charge in [-0.15, -0.1) is 0 Å². The third-order valence-electron chi connectivity index (χ3n) is 3.87. The molecule has 106 valence electrons. The van der Waals surface area contributed by atoms with Crippen LogP contribution >= 0.6 is 0 Å². The van der Waals surface area contributed by atoms with Gasteiger partial charge in [-0.1, -0.05) is 72.8 Å². The molecule has 0 heterocycles. The third-order valence-corrected chi connectivity index (χ3v) is 7.26. The van der Waals surface area contributed by atoms with E-state index in [1.165, 1.54) is 10.8 Å². The Bertz CT molecular complexity index is 731. The quantitative estimate of drug-likeness (QED) is 0.689. The maximum atomic E-state index is 5.98. The van der Waals surface area contributed by atoms with Crippen molar-refractivity contribution in [3.05, 3.63) is 72.8 Å². The summed E-state index contributed by atoms with van der Waals surface area (Å²) in [6.45, 7) is 0. The fraction of sp³-hybridized carbons (Fsp3) is 0.111. The average Bonchev–Trinajstić information content (AvgIpc) is 2.58. The van der Waals surface area contributed by atoms with E-state index in [-0.39, 0.29) is 0 Å². The largest absolute Gasteiger partial charge is 0.407 e. The van der Waals surface area contributed by atoms with E-state index in [0.29, 0.717) is 0 Å². The summed E-state index contributed by atoms with van der Waals surface area (Å²) in [6, 6.07) is 24.9. The average molecular weight is 294 g/mol. The molecule has 3 aromatic carbocycles. The van der Waals surface area contributed by atoms with Gasteiger partial charge in [0, 0.05) is 19.4 Å². The summed E-state index contributed by atoms with van der Waals surface area (Å²) in [5, 5.41) is 4.67. The highest BCUT2D eigenvalue weighted by molar-refractivity contribution is 6.94. The van der Waals surface area contributed by atoms with E-state index < -0.39 is 8.56 Å². The number of hydrogen-bond donors (Lipinski definition) is 0. The molecular weight excluding hydrogens is 276 g/mol. The second-order valence-corrected chi connectivity index (χ2v) is 8.08. The van der Waals surface area contributed by atoms with E-state index in [2.05, 4.69) is 54.6 Å². The summed E-state index contributed by atoms with van der Waals surface area (Å²) in [4.78, 5) is 0. The van der Waals surface area contributed by atoms with Crippen molar-refractivity contribution in [2.75, 3.05) is 14.2 Å². The predicted molar refractivity (Wildman–Crippen MR) is 89.4 cm³/mol. The Hall–Kier alpha value is -1.94. The normalized spacial score (nSPS) is 11.7. The lowest BCUT2D eigenvalue weighted by Crippen LogP contribution is -2.62. The van der Waals surface area contributed by atoms with Gasteiger partial charge in [0.15, 0.2) is 0 Å². The summed E-state index contributed by atoms with van der Waals surface area (Å²) in [5.74, 6) is 0. The molecule has 0 aliphatic rings. The Morgan fingerprint density at radius 3 is 2.00 bits per heavy atom. The molecule has 0 unspecified atom stereocenters. The molecule has 3 aromatic rings. The maximum absolute atomic E-state index is 5.98. The molecule has 0 aliphatic carbocycles.